The molecule has 14 heteroatoms. The lowest BCUT2D eigenvalue weighted by Gasteiger charge is -2.71. The highest BCUT2D eigenvalue weighted by Gasteiger charge is 2.80. The average molecular weight is 945 g/mol. The quantitative estimate of drug-likeness (QED) is 0.0912. The van der Waals surface area contributed by atoms with Gasteiger partial charge in [0.25, 0.3) is 0 Å². The molecule has 0 spiro atoms. The molecule has 2 saturated heterocycles. The van der Waals surface area contributed by atoms with Crippen molar-refractivity contribution in [2.45, 2.75) is 194 Å². The SMILES string of the molecule is CC1(C)C(N2CCCC2)C/C(=N/O)[C@]2(C)[C@@H]3CC[C@]4(C)C(=O)CC[C@H]4[C@@H]3CC(O)C12OC(=O)/C=C/C(=O)OC12C(O)C[C@@H]3[C@@H](CC[C@]4(C)C(=O)CC[C@@H]34)[C@@]1(C)/C(=N\O)CC(N1CCCC1)C2(C)C. The number of oxime groups is 2. The number of aliphatic hydroxyl groups is 2. The van der Waals surface area contributed by atoms with Gasteiger partial charge in [-0.25, -0.2) is 9.59 Å². The van der Waals surface area contributed by atoms with Crippen molar-refractivity contribution in [3.8, 4) is 0 Å². The lowest BCUT2D eigenvalue weighted by atomic mass is 9.37. The molecule has 0 aromatic rings. The molecule has 0 aromatic carbocycles. The third-order valence-corrected chi connectivity index (χ3v) is 23.1. The smallest absolute Gasteiger partial charge is 0.331 e. The normalized spacial score (nSPS) is 49.8. The first kappa shape index (κ1) is 48.4. The molecule has 0 amide bonds. The van der Waals surface area contributed by atoms with Gasteiger partial charge in [0.1, 0.15) is 11.6 Å². The van der Waals surface area contributed by atoms with Gasteiger partial charge in [0.05, 0.1) is 34.5 Å². The first-order valence-corrected chi connectivity index (χ1v) is 26.5. The summed E-state index contributed by atoms with van der Waals surface area (Å²) in [5.74, 6) is -1.50. The van der Waals surface area contributed by atoms with Crippen LogP contribution >= 0.6 is 0 Å². The molecule has 4 N–H and O–H groups in total. The van der Waals surface area contributed by atoms with Gasteiger partial charge in [-0.1, -0.05) is 51.9 Å². The van der Waals surface area contributed by atoms with E-state index in [4.69, 9.17) is 9.47 Å². The second kappa shape index (κ2) is 16.2. The van der Waals surface area contributed by atoms with Gasteiger partial charge in [0, 0.05) is 71.6 Å². The monoisotopic (exact) mass is 945 g/mol. The number of aliphatic hydroxyl groups excluding tert-OH is 2. The lowest BCUT2D eigenvalue weighted by molar-refractivity contribution is -0.284. The van der Waals surface area contributed by atoms with E-state index in [-0.39, 0.29) is 59.2 Å². The maximum Gasteiger partial charge on any atom is 0.331 e. The first-order chi connectivity index (χ1) is 32.1. The number of Topliss-reactive ketones (excluding diaryl/α,β-unsaturated/α-hetero) is 2. The Hall–Kier alpha value is -3.20. The molecule has 68 heavy (non-hydrogen) atoms. The van der Waals surface area contributed by atoms with Crippen molar-refractivity contribution in [1.82, 2.24) is 9.80 Å². The van der Waals surface area contributed by atoms with Crippen LogP contribution in [-0.2, 0) is 28.7 Å². The van der Waals surface area contributed by atoms with E-state index in [0.29, 0.717) is 75.6 Å². The Morgan fingerprint density at radius 1 is 0.574 bits per heavy atom. The number of hydrogen-bond donors (Lipinski definition) is 4. The number of ketones is 2. The van der Waals surface area contributed by atoms with Crippen molar-refractivity contribution in [2.24, 2.45) is 78.3 Å². The number of carbonyl (C=O) groups excluding carboxylic acids is 4. The van der Waals surface area contributed by atoms with Gasteiger partial charge in [0.15, 0.2) is 11.2 Å². The predicted octanol–water partition coefficient (Wildman–Crippen LogP) is 7.12. The minimum absolute atomic E-state index is 0.0442. The van der Waals surface area contributed by atoms with Crippen molar-refractivity contribution in [3.63, 3.8) is 0 Å². The summed E-state index contributed by atoms with van der Waals surface area (Å²) < 4.78 is 13.8. The Morgan fingerprint density at radius 3 is 1.26 bits per heavy atom. The van der Waals surface area contributed by atoms with Gasteiger partial charge < -0.3 is 30.1 Å². The summed E-state index contributed by atoms with van der Waals surface area (Å²) in [6.45, 7) is 19.7. The molecule has 0 bridgehead atoms. The zero-order valence-electron chi connectivity index (χ0n) is 42.1. The van der Waals surface area contributed by atoms with Crippen molar-refractivity contribution >= 4 is 34.9 Å². The molecule has 16 atom stereocenters. The summed E-state index contributed by atoms with van der Waals surface area (Å²) in [4.78, 5) is 61.3. The van der Waals surface area contributed by atoms with Gasteiger partial charge in [-0.3, -0.25) is 19.4 Å². The van der Waals surface area contributed by atoms with Gasteiger partial charge in [-0.15, -0.1) is 0 Å². The van der Waals surface area contributed by atoms with E-state index in [1.54, 1.807) is 0 Å². The molecule has 8 saturated carbocycles. The summed E-state index contributed by atoms with van der Waals surface area (Å²) in [6, 6.07) is -0.460. The third kappa shape index (κ3) is 6.01. The number of nitrogens with zero attached hydrogens (tertiary/aromatic N) is 4. The highest BCUT2D eigenvalue weighted by molar-refractivity contribution is 5.97. The van der Waals surface area contributed by atoms with Crippen LogP contribution in [0.15, 0.2) is 22.5 Å². The summed E-state index contributed by atoms with van der Waals surface area (Å²) in [7, 11) is 0. The van der Waals surface area contributed by atoms with E-state index in [9.17, 15) is 39.8 Å². The molecule has 10 aliphatic rings. The number of fused-ring (bicyclic) bond motifs is 10. The molecule has 2 heterocycles. The van der Waals surface area contributed by atoms with E-state index >= 15 is 0 Å². The number of likely N-dealkylation sites (tertiary alicyclic amines) is 2. The molecule has 376 valence electrons. The second-order valence-corrected chi connectivity index (χ2v) is 25.6. The Balaban J connectivity index is 1.02. The maximum atomic E-state index is 14.9. The fourth-order valence-corrected chi connectivity index (χ4v) is 19.8. The van der Waals surface area contributed by atoms with Crippen molar-refractivity contribution in [1.29, 1.82) is 0 Å². The fraction of sp³-hybridized carbons (Fsp3) is 0.852. The standard InChI is InChI=1S/C54H80N4O10/c1-47(2)39(57-23-9-10-24-57)29-37(55-65)51(7)35-19-21-49(5)33(13-15-41(49)59)31(35)27-43(61)53(47,51)67-45(63)17-18-46(64)68-54-44(62)28-32-34-14-16-42(60)50(34,6)22-20-36(32)52(54,8)38(56-66)30-40(48(54,3)4)58-25-11-12-26-58/h17-18,31-36,39-40,43-44,61-62,65-66H,9-16,19-30H2,1-8H3/b18-17+,55-37-,56-38-/t31-,32-,33-,34-,35+,36+,39?,40?,43?,44?,49-,50-,51-,52-,53?,54?/m0/s1. The molecular weight excluding hydrogens is 865 g/mol. The minimum atomic E-state index is -1.60. The zero-order chi connectivity index (χ0) is 48.8. The summed E-state index contributed by atoms with van der Waals surface area (Å²) in [5, 5.41) is 56.1. The Bertz CT molecular complexity index is 2050. The highest BCUT2D eigenvalue weighted by atomic mass is 16.6. The minimum Gasteiger partial charge on any atom is -0.451 e. The Morgan fingerprint density at radius 2 is 0.926 bits per heavy atom. The number of ether oxygens (including phenoxy) is 2. The van der Waals surface area contributed by atoms with Crippen LogP contribution in [0, 0.1) is 68.0 Å². The molecule has 0 radical (unpaired) electrons. The van der Waals surface area contributed by atoms with E-state index in [1.807, 2.05) is 13.8 Å². The van der Waals surface area contributed by atoms with Gasteiger partial charge >= 0.3 is 11.9 Å². The van der Waals surface area contributed by atoms with Crippen molar-refractivity contribution < 1.29 is 49.3 Å². The fourth-order valence-electron chi connectivity index (χ4n) is 19.8. The maximum absolute atomic E-state index is 14.9. The van der Waals surface area contributed by atoms with Crippen molar-refractivity contribution in [2.75, 3.05) is 26.2 Å². The highest BCUT2D eigenvalue weighted by Crippen LogP contribution is 2.73. The molecule has 8 aliphatic carbocycles. The second-order valence-electron chi connectivity index (χ2n) is 25.6. The van der Waals surface area contributed by atoms with E-state index in [2.05, 4.69) is 61.7 Å². The predicted molar refractivity (Wildman–Crippen MR) is 253 cm³/mol. The number of esters is 2. The summed E-state index contributed by atoms with van der Waals surface area (Å²) >= 11 is 0. The van der Waals surface area contributed by atoms with Crippen LogP contribution in [0.4, 0.5) is 0 Å². The van der Waals surface area contributed by atoms with Crippen LogP contribution in [-0.4, -0.2) is 127 Å². The largest absolute Gasteiger partial charge is 0.451 e. The van der Waals surface area contributed by atoms with E-state index < -0.39 is 67.8 Å². The van der Waals surface area contributed by atoms with Gasteiger partial charge in [-0.2, -0.15) is 0 Å². The Kier molecular flexibility index (Phi) is 11.5. The van der Waals surface area contributed by atoms with Crippen molar-refractivity contribution in [3.05, 3.63) is 12.2 Å². The summed E-state index contributed by atoms with van der Waals surface area (Å²) in [5.41, 5.74) is -7.18. The molecular formula is C54H80N4O10. The number of carbonyl (C=O) groups is 4. The van der Waals surface area contributed by atoms with Crippen LogP contribution in [0.1, 0.15) is 158 Å². The molecule has 2 aliphatic heterocycles. The Labute approximate surface area is 403 Å². The van der Waals surface area contributed by atoms with Crippen LogP contribution in [0.25, 0.3) is 0 Å². The average Bonchev–Trinajstić information content (AvgIpc) is 4.12. The molecule has 6 unspecified atom stereocenters. The molecule has 0 aromatic heterocycles. The molecule has 14 nitrogen and oxygen atoms in total. The van der Waals surface area contributed by atoms with E-state index in [0.717, 1.165) is 76.9 Å². The van der Waals surface area contributed by atoms with Crippen LogP contribution in [0.3, 0.4) is 0 Å². The lowest BCUT2D eigenvalue weighted by Crippen LogP contribution is -2.80. The first-order valence-electron chi connectivity index (χ1n) is 26.5. The molecule has 10 fully saturated rings. The zero-order valence-corrected chi connectivity index (χ0v) is 42.1. The third-order valence-electron chi connectivity index (χ3n) is 23.1. The topological polar surface area (TPSA) is 199 Å². The number of hydrogen-bond acceptors (Lipinski definition) is 14. The summed E-state index contributed by atoms with van der Waals surface area (Å²) in [6.07, 6.45) is 10.4. The van der Waals surface area contributed by atoms with Crippen LogP contribution in [0.5, 0.6) is 0 Å². The van der Waals surface area contributed by atoms with Gasteiger partial charge in [-0.05, 0) is 153 Å². The van der Waals surface area contributed by atoms with E-state index in [1.165, 1.54) is 0 Å². The van der Waals surface area contributed by atoms with Gasteiger partial charge in [0.2, 0.25) is 0 Å². The van der Waals surface area contributed by atoms with Crippen LogP contribution < -0.4 is 0 Å². The number of rotatable bonds is 6. The molecule has 10 rings (SSSR count). The van der Waals surface area contributed by atoms with Crippen LogP contribution in [0.2, 0.25) is 0 Å².